The number of piperidine rings is 1. The third-order valence-corrected chi connectivity index (χ3v) is 4.25. The average molecular weight is 212 g/mol. The van der Waals surface area contributed by atoms with Gasteiger partial charge >= 0.3 is 0 Å². The molecule has 3 nitrogen and oxygen atoms in total. The minimum atomic E-state index is 0.0816. The van der Waals surface area contributed by atoms with Gasteiger partial charge in [0.2, 0.25) is 0 Å². The van der Waals surface area contributed by atoms with Gasteiger partial charge in [-0.25, -0.2) is 0 Å². The van der Waals surface area contributed by atoms with Gasteiger partial charge < -0.3 is 15.3 Å². The Labute approximate surface area is 92.8 Å². The van der Waals surface area contributed by atoms with Crippen LogP contribution in [-0.4, -0.2) is 48.3 Å². The molecule has 1 aliphatic carbocycles. The minimum absolute atomic E-state index is 0.0816. The lowest BCUT2D eigenvalue weighted by Crippen LogP contribution is -2.57. The second-order valence-electron chi connectivity index (χ2n) is 5.30. The predicted molar refractivity (Wildman–Crippen MR) is 61.9 cm³/mol. The fraction of sp³-hybridized carbons (Fsp3) is 1.00. The molecule has 0 bridgehead atoms. The molecule has 15 heavy (non-hydrogen) atoms. The van der Waals surface area contributed by atoms with E-state index < -0.39 is 0 Å². The SMILES string of the molecule is CN1CCCCC1CNC1(CO)CCC1. The highest BCUT2D eigenvalue weighted by molar-refractivity contribution is 4.96. The first kappa shape index (κ1) is 11.4. The van der Waals surface area contributed by atoms with E-state index in [1.807, 2.05) is 0 Å². The lowest BCUT2D eigenvalue weighted by molar-refractivity contribution is 0.0740. The number of aliphatic hydroxyl groups is 1. The van der Waals surface area contributed by atoms with Crippen molar-refractivity contribution in [3.63, 3.8) is 0 Å². The van der Waals surface area contributed by atoms with Crippen LogP contribution in [0.4, 0.5) is 0 Å². The first-order valence-electron chi connectivity index (χ1n) is 6.32. The summed E-state index contributed by atoms with van der Waals surface area (Å²) in [6, 6.07) is 0.683. The molecule has 1 unspecified atom stereocenters. The van der Waals surface area contributed by atoms with Crippen molar-refractivity contribution in [2.75, 3.05) is 26.7 Å². The van der Waals surface area contributed by atoms with E-state index in [2.05, 4.69) is 17.3 Å². The number of likely N-dealkylation sites (N-methyl/N-ethyl adjacent to an activating group) is 1. The van der Waals surface area contributed by atoms with Crippen molar-refractivity contribution in [1.82, 2.24) is 10.2 Å². The molecule has 1 atom stereocenters. The maximum absolute atomic E-state index is 9.36. The molecule has 3 heteroatoms. The van der Waals surface area contributed by atoms with E-state index in [0.717, 1.165) is 19.4 Å². The molecular weight excluding hydrogens is 188 g/mol. The van der Waals surface area contributed by atoms with Crippen molar-refractivity contribution in [3.05, 3.63) is 0 Å². The van der Waals surface area contributed by atoms with Gasteiger partial charge in [0.15, 0.2) is 0 Å². The van der Waals surface area contributed by atoms with Gasteiger partial charge in [-0.1, -0.05) is 6.42 Å². The summed E-state index contributed by atoms with van der Waals surface area (Å²) in [6.07, 6.45) is 7.60. The van der Waals surface area contributed by atoms with Crippen molar-refractivity contribution in [3.8, 4) is 0 Å². The van der Waals surface area contributed by atoms with Crippen molar-refractivity contribution >= 4 is 0 Å². The average Bonchev–Trinajstić information content (AvgIpc) is 2.19. The van der Waals surface area contributed by atoms with Gasteiger partial charge in [-0.3, -0.25) is 0 Å². The number of likely N-dealkylation sites (tertiary alicyclic amines) is 1. The summed E-state index contributed by atoms with van der Waals surface area (Å²) in [7, 11) is 2.22. The third-order valence-electron chi connectivity index (χ3n) is 4.25. The summed E-state index contributed by atoms with van der Waals surface area (Å²) >= 11 is 0. The van der Waals surface area contributed by atoms with E-state index in [4.69, 9.17) is 0 Å². The van der Waals surface area contributed by atoms with E-state index in [0.29, 0.717) is 12.6 Å². The summed E-state index contributed by atoms with van der Waals surface area (Å²) in [6.45, 7) is 2.60. The Kier molecular flexibility index (Phi) is 3.65. The van der Waals surface area contributed by atoms with Crippen LogP contribution >= 0.6 is 0 Å². The number of hydrogen-bond acceptors (Lipinski definition) is 3. The molecule has 0 aromatic heterocycles. The van der Waals surface area contributed by atoms with E-state index in [9.17, 15) is 5.11 Å². The second kappa shape index (κ2) is 4.81. The molecule has 1 aliphatic heterocycles. The first-order valence-corrected chi connectivity index (χ1v) is 6.32. The standard InChI is InChI=1S/C12H24N2O/c1-14-8-3-2-5-11(14)9-13-12(10-15)6-4-7-12/h11,13,15H,2-10H2,1H3. The number of nitrogens with one attached hydrogen (secondary N) is 1. The number of hydrogen-bond donors (Lipinski definition) is 2. The molecule has 0 aromatic rings. The van der Waals surface area contributed by atoms with E-state index >= 15 is 0 Å². The third kappa shape index (κ3) is 2.52. The molecule has 0 spiro atoms. The van der Waals surface area contributed by atoms with Crippen LogP contribution in [0.2, 0.25) is 0 Å². The number of aliphatic hydroxyl groups excluding tert-OH is 1. The summed E-state index contributed by atoms with van der Waals surface area (Å²) in [5.74, 6) is 0. The van der Waals surface area contributed by atoms with Crippen LogP contribution in [0.3, 0.4) is 0 Å². The summed E-state index contributed by atoms with van der Waals surface area (Å²) < 4.78 is 0. The molecule has 88 valence electrons. The van der Waals surface area contributed by atoms with Gasteiger partial charge in [-0.15, -0.1) is 0 Å². The van der Waals surface area contributed by atoms with E-state index in [1.165, 1.54) is 32.2 Å². The van der Waals surface area contributed by atoms with Gasteiger partial charge in [-0.05, 0) is 45.7 Å². The van der Waals surface area contributed by atoms with Crippen LogP contribution in [0, 0.1) is 0 Å². The van der Waals surface area contributed by atoms with Gasteiger partial charge in [0, 0.05) is 18.1 Å². The molecule has 2 rings (SSSR count). The topological polar surface area (TPSA) is 35.5 Å². The highest BCUT2D eigenvalue weighted by Gasteiger charge is 2.36. The zero-order chi connectivity index (χ0) is 10.7. The Hall–Kier alpha value is -0.120. The lowest BCUT2D eigenvalue weighted by Gasteiger charge is -2.43. The zero-order valence-electron chi connectivity index (χ0n) is 9.84. The Bertz CT molecular complexity index is 198. The van der Waals surface area contributed by atoms with Crippen molar-refractivity contribution in [2.24, 2.45) is 0 Å². The molecule has 1 saturated heterocycles. The molecule has 0 radical (unpaired) electrons. The van der Waals surface area contributed by atoms with Gasteiger partial charge in [0.05, 0.1) is 6.61 Å². The predicted octanol–water partition coefficient (Wildman–Crippen LogP) is 0.975. The van der Waals surface area contributed by atoms with Crippen LogP contribution in [0.1, 0.15) is 38.5 Å². The van der Waals surface area contributed by atoms with Gasteiger partial charge in [0.1, 0.15) is 0 Å². The zero-order valence-corrected chi connectivity index (χ0v) is 9.84. The fourth-order valence-electron chi connectivity index (χ4n) is 2.73. The lowest BCUT2D eigenvalue weighted by atomic mass is 9.77. The first-order chi connectivity index (χ1) is 7.26. The molecule has 2 aliphatic rings. The monoisotopic (exact) mass is 212 g/mol. The Morgan fingerprint density at radius 1 is 1.33 bits per heavy atom. The Balaban J connectivity index is 1.76. The van der Waals surface area contributed by atoms with Crippen molar-refractivity contribution < 1.29 is 5.11 Å². The summed E-state index contributed by atoms with van der Waals surface area (Å²) in [5.41, 5.74) is 0.0816. The van der Waals surface area contributed by atoms with Crippen LogP contribution in [0.5, 0.6) is 0 Å². The number of rotatable bonds is 4. The number of nitrogens with zero attached hydrogens (tertiary/aromatic N) is 1. The highest BCUT2D eigenvalue weighted by atomic mass is 16.3. The molecule has 0 aromatic carbocycles. The van der Waals surface area contributed by atoms with Gasteiger partial charge in [-0.2, -0.15) is 0 Å². The summed E-state index contributed by atoms with van der Waals surface area (Å²) in [5, 5.41) is 12.9. The second-order valence-corrected chi connectivity index (χ2v) is 5.30. The molecular formula is C12H24N2O. The molecule has 2 N–H and O–H groups in total. The molecule has 1 saturated carbocycles. The molecule has 2 fully saturated rings. The van der Waals surface area contributed by atoms with E-state index in [1.54, 1.807) is 0 Å². The molecule has 1 heterocycles. The van der Waals surface area contributed by atoms with Gasteiger partial charge in [0.25, 0.3) is 0 Å². The van der Waals surface area contributed by atoms with E-state index in [-0.39, 0.29) is 5.54 Å². The molecule has 0 amide bonds. The van der Waals surface area contributed by atoms with Crippen LogP contribution in [0.15, 0.2) is 0 Å². The van der Waals surface area contributed by atoms with Crippen LogP contribution in [0.25, 0.3) is 0 Å². The van der Waals surface area contributed by atoms with Crippen molar-refractivity contribution in [2.45, 2.75) is 50.1 Å². The Morgan fingerprint density at radius 2 is 2.13 bits per heavy atom. The maximum atomic E-state index is 9.36. The normalized spacial score (nSPS) is 31.2. The minimum Gasteiger partial charge on any atom is -0.394 e. The fourth-order valence-corrected chi connectivity index (χ4v) is 2.73. The van der Waals surface area contributed by atoms with Crippen LogP contribution < -0.4 is 5.32 Å². The quantitative estimate of drug-likeness (QED) is 0.729. The smallest absolute Gasteiger partial charge is 0.0613 e. The largest absolute Gasteiger partial charge is 0.394 e. The van der Waals surface area contributed by atoms with Crippen LogP contribution in [-0.2, 0) is 0 Å². The van der Waals surface area contributed by atoms with Crippen molar-refractivity contribution in [1.29, 1.82) is 0 Å². The highest BCUT2D eigenvalue weighted by Crippen LogP contribution is 2.31. The maximum Gasteiger partial charge on any atom is 0.0613 e. The summed E-state index contributed by atoms with van der Waals surface area (Å²) in [4.78, 5) is 2.46. The Morgan fingerprint density at radius 3 is 2.67 bits per heavy atom.